The smallest absolute Gasteiger partial charge is 0.254 e. The molecule has 2 N–H and O–H groups in total. The van der Waals surface area contributed by atoms with Crippen molar-refractivity contribution in [1.82, 2.24) is 4.90 Å². The van der Waals surface area contributed by atoms with Crippen molar-refractivity contribution in [3.63, 3.8) is 0 Å². The van der Waals surface area contributed by atoms with E-state index in [-0.39, 0.29) is 23.8 Å². The molecule has 2 aliphatic rings. The van der Waals surface area contributed by atoms with Crippen molar-refractivity contribution in [2.24, 2.45) is 11.7 Å². The first-order valence-electron chi connectivity index (χ1n) is 9.01. The summed E-state index contributed by atoms with van der Waals surface area (Å²) in [5.41, 5.74) is 5.94. The fourth-order valence-electron chi connectivity index (χ4n) is 3.66. The van der Waals surface area contributed by atoms with Crippen LogP contribution >= 0.6 is 0 Å². The van der Waals surface area contributed by atoms with E-state index in [0.717, 1.165) is 25.7 Å². The van der Waals surface area contributed by atoms with Crippen molar-refractivity contribution in [2.75, 3.05) is 20.2 Å². The molecule has 1 atom stereocenters. The summed E-state index contributed by atoms with van der Waals surface area (Å²) in [5, 5.41) is 0. The molecule has 0 spiro atoms. The van der Waals surface area contributed by atoms with Crippen LogP contribution in [0.15, 0.2) is 18.2 Å². The highest BCUT2D eigenvalue weighted by molar-refractivity contribution is 5.95. The molecule has 2 amide bonds. The number of piperidine rings is 1. The molecule has 6 nitrogen and oxygen atoms in total. The van der Waals surface area contributed by atoms with Gasteiger partial charge in [-0.25, -0.2) is 0 Å². The van der Waals surface area contributed by atoms with Crippen LogP contribution in [0.4, 0.5) is 0 Å². The minimum Gasteiger partial charge on any atom is -0.493 e. The summed E-state index contributed by atoms with van der Waals surface area (Å²) in [7, 11) is 1.58. The van der Waals surface area contributed by atoms with Crippen LogP contribution in [0.3, 0.4) is 0 Å². The topological polar surface area (TPSA) is 81.9 Å². The van der Waals surface area contributed by atoms with E-state index in [0.29, 0.717) is 30.2 Å². The van der Waals surface area contributed by atoms with Crippen LogP contribution in [0.2, 0.25) is 0 Å². The van der Waals surface area contributed by atoms with Crippen LogP contribution in [0.1, 0.15) is 48.9 Å². The minimum absolute atomic E-state index is 0.100. The molecule has 2 fully saturated rings. The van der Waals surface area contributed by atoms with Crippen LogP contribution < -0.4 is 15.2 Å². The Morgan fingerprint density at radius 3 is 2.56 bits per heavy atom. The van der Waals surface area contributed by atoms with Gasteiger partial charge in [0.05, 0.1) is 19.1 Å². The maximum Gasteiger partial charge on any atom is 0.254 e. The Labute approximate surface area is 148 Å². The van der Waals surface area contributed by atoms with Gasteiger partial charge in [-0.3, -0.25) is 9.59 Å². The normalized spacial score (nSPS) is 21.2. The number of carbonyl (C=O) groups excluding carboxylic acids is 2. The lowest BCUT2D eigenvalue weighted by molar-refractivity contribution is -0.123. The molecule has 1 saturated carbocycles. The minimum atomic E-state index is -0.338. The van der Waals surface area contributed by atoms with Crippen molar-refractivity contribution in [1.29, 1.82) is 0 Å². The first-order valence-corrected chi connectivity index (χ1v) is 9.01. The van der Waals surface area contributed by atoms with E-state index in [2.05, 4.69) is 0 Å². The van der Waals surface area contributed by atoms with E-state index in [1.165, 1.54) is 12.8 Å². The SMILES string of the molecule is COc1cc(C(=O)N2CCCC(C(N)=O)C2)ccc1OC1CCCC1. The van der Waals surface area contributed by atoms with Gasteiger partial charge in [0.1, 0.15) is 0 Å². The lowest BCUT2D eigenvalue weighted by Gasteiger charge is -2.31. The van der Waals surface area contributed by atoms with Crippen LogP contribution in [0, 0.1) is 5.92 Å². The van der Waals surface area contributed by atoms with E-state index >= 15 is 0 Å². The van der Waals surface area contributed by atoms with E-state index < -0.39 is 0 Å². The van der Waals surface area contributed by atoms with Crippen molar-refractivity contribution in [3.05, 3.63) is 23.8 Å². The van der Waals surface area contributed by atoms with Gasteiger partial charge >= 0.3 is 0 Å². The summed E-state index contributed by atoms with van der Waals surface area (Å²) in [5.74, 6) is 0.553. The molecule has 6 heteroatoms. The van der Waals surface area contributed by atoms with Crippen molar-refractivity contribution >= 4 is 11.8 Å². The highest BCUT2D eigenvalue weighted by Crippen LogP contribution is 2.33. The molecule has 1 heterocycles. The number of carbonyl (C=O) groups is 2. The average Bonchev–Trinajstić information content (AvgIpc) is 3.14. The molecule has 0 aromatic heterocycles. The number of benzene rings is 1. The molecule has 1 saturated heterocycles. The summed E-state index contributed by atoms with van der Waals surface area (Å²) in [6, 6.07) is 5.30. The van der Waals surface area contributed by atoms with Crippen molar-refractivity contribution in [3.8, 4) is 11.5 Å². The van der Waals surface area contributed by atoms with Gasteiger partial charge in [0.2, 0.25) is 5.91 Å². The zero-order valence-electron chi connectivity index (χ0n) is 14.7. The number of nitrogens with zero attached hydrogens (tertiary/aromatic N) is 1. The van der Waals surface area contributed by atoms with E-state index in [1.54, 1.807) is 30.2 Å². The summed E-state index contributed by atoms with van der Waals surface area (Å²) < 4.78 is 11.4. The molecule has 25 heavy (non-hydrogen) atoms. The molecular weight excluding hydrogens is 320 g/mol. The zero-order chi connectivity index (χ0) is 17.8. The highest BCUT2D eigenvalue weighted by Gasteiger charge is 2.28. The number of likely N-dealkylation sites (tertiary alicyclic amines) is 1. The van der Waals surface area contributed by atoms with Crippen LogP contribution in [0.5, 0.6) is 11.5 Å². The van der Waals surface area contributed by atoms with E-state index in [4.69, 9.17) is 15.2 Å². The van der Waals surface area contributed by atoms with E-state index in [9.17, 15) is 9.59 Å². The van der Waals surface area contributed by atoms with Crippen LogP contribution in [0.25, 0.3) is 0 Å². The fraction of sp³-hybridized carbons (Fsp3) is 0.579. The number of hydrogen-bond donors (Lipinski definition) is 1. The summed E-state index contributed by atoms with van der Waals surface area (Å²) in [4.78, 5) is 25.9. The number of rotatable bonds is 5. The molecular formula is C19H26N2O4. The van der Waals surface area contributed by atoms with Crippen molar-refractivity contribution in [2.45, 2.75) is 44.6 Å². The second-order valence-corrected chi connectivity index (χ2v) is 6.88. The summed E-state index contributed by atoms with van der Waals surface area (Å²) in [6.45, 7) is 1.03. The van der Waals surface area contributed by atoms with E-state index in [1.807, 2.05) is 0 Å². The number of hydrogen-bond acceptors (Lipinski definition) is 4. The predicted octanol–water partition coefficient (Wildman–Crippen LogP) is 2.35. The van der Waals surface area contributed by atoms with Gasteiger partial charge in [-0.15, -0.1) is 0 Å². The third-order valence-electron chi connectivity index (χ3n) is 5.12. The van der Waals surface area contributed by atoms with Gasteiger partial charge in [0.25, 0.3) is 5.91 Å². The molecule has 1 aliphatic heterocycles. The lowest BCUT2D eigenvalue weighted by atomic mass is 9.97. The molecule has 1 aliphatic carbocycles. The zero-order valence-corrected chi connectivity index (χ0v) is 14.7. The first-order chi connectivity index (χ1) is 12.1. The monoisotopic (exact) mass is 346 g/mol. The van der Waals surface area contributed by atoms with Gasteiger partial charge in [-0.05, 0) is 56.7 Å². The number of methoxy groups -OCH3 is 1. The third kappa shape index (κ3) is 4.06. The maximum atomic E-state index is 12.8. The van der Waals surface area contributed by atoms with Crippen LogP contribution in [-0.2, 0) is 4.79 Å². The Hall–Kier alpha value is -2.24. The first kappa shape index (κ1) is 17.6. The largest absolute Gasteiger partial charge is 0.493 e. The molecule has 1 aromatic carbocycles. The number of primary amides is 1. The Balaban J connectivity index is 1.73. The summed E-state index contributed by atoms with van der Waals surface area (Å²) in [6.07, 6.45) is 6.28. The number of ether oxygens (including phenoxy) is 2. The number of nitrogens with two attached hydrogens (primary N) is 1. The van der Waals surface area contributed by atoms with Gasteiger partial charge in [-0.2, -0.15) is 0 Å². The Morgan fingerprint density at radius 2 is 1.88 bits per heavy atom. The Morgan fingerprint density at radius 1 is 1.12 bits per heavy atom. The molecule has 1 unspecified atom stereocenters. The second kappa shape index (κ2) is 7.76. The number of amides is 2. The average molecular weight is 346 g/mol. The maximum absolute atomic E-state index is 12.8. The second-order valence-electron chi connectivity index (χ2n) is 6.88. The standard InChI is InChI=1S/C19H26N2O4/c1-24-17-11-13(8-9-16(17)25-15-6-2-3-7-15)19(23)21-10-4-5-14(12-21)18(20)22/h8-9,11,14-15H,2-7,10,12H2,1H3,(H2,20,22). The summed E-state index contributed by atoms with van der Waals surface area (Å²) >= 11 is 0. The van der Waals surface area contributed by atoms with Crippen molar-refractivity contribution < 1.29 is 19.1 Å². The molecule has 136 valence electrons. The molecule has 3 rings (SSSR count). The van der Waals surface area contributed by atoms with Gasteiger partial charge < -0.3 is 20.1 Å². The highest BCUT2D eigenvalue weighted by atomic mass is 16.5. The predicted molar refractivity (Wildman–Crippen MR) is 93.7 cm³/mol. The Bertz CT molecular complexity index is 640. The fourth-order valence-corrected chi connectivity index (χ4v) is 3.66. The van der Waals surface area contributed by atoms with Crippen LogP contribution in [-0.4, -0.2) is 43.0 Å². The Kier molecular flexibility index (Phi) is 5.46. The van der Waals surface area contributed by atoms with Gasteiger partial charge in [0, 0.05) is 18.7 Å². The molecule has 0 radical (unpaired) electrons. The van der Waals surface area contributed by atoms with Gasteiger partial charge in [0.15, 0.2) is 11.5 Å². The molecule has 0 bridgehead atoms. The lowest BCUT2D eigenvalue weighted by Crippen LogP contribution is -2.44. The quantitative estimate of drug-likeness (QED) is 0.887. The molecule has 1 aromatic rings. The third-order valence-corrected chi connectivity index (χ3v) is 5.12. The van der Waals surface area contributed by atoms with Gasteiger partial charge in [-0.1, -0.05) is 0 Å².